The first-order valence-corrected chi connectivity index (χ1v) is 6.86. The summed E-state index contributed by atoms with van der Waals surface area (Å²) in [5.41, 5.74) is 1.06. The Morgan fingerprint density at radius 2 is 2.00 bits per heavy atom. The zero-order valence-corrected chi connectivity index (χ0v) is 11.7. The molecule has 2 heterocycles. The van der Waals surface area contributed by atoms with Crippen molar-refractivity contribution < 1.29 is 24.1 Å². The first-order chi connectivity index (χ1) is 9.55. The van der Waals surface area contributed by atoms with E-state index in [9.17, 15) is 5.11 Å². The SMILES string of the molecule is CC1(C)O[C@H]2OCC(O)[C@H](OCc3ccccc3)[C@H]2O1. The molecule has 4 atom stereocenters. The van der Waals surface area contributed by atoms with Gasteiger partial charge in [0, 0.05) is 0 Å². The largest absolute Gasteiger partial charge is 0.388 e. The summed E-state index contributed by atoms with van der Waals surface area (Å²) in [5, 5.41) is 10.1. The van der Waals surface area contributed by atoms with Crippen LogP contribution in [-0.4, -0.2) is 42.1 Å². The molecule has 3 rings (SSSR count). The summed E-state index contributed by atoms with van der Waals surface area (Å²) < 4.78 is 22.7. The van der Waals surface area contributed by atoms with Gasteiger partial charge in [0.05, 0.1) is 13.2 Å². The van der Waals surface area contributed by atoms with E-state index in [0.29, 0.717) is 6.61 Å². The van der Waals surface area contributed by atoms with Gasteiger partial charge >= 0.3 is 0 Å². The highest BCUT2D eigenvalue weighted by Gasteiger charge is 2.51. The van der Waals surface area contributed by atoms with Crippen LogP contribution in [0.15, 0.2) is 30.3 Å². The Balaban J connectivity index is 1.67. The van der Waals surface area contributed by atoms with E-state index < -0.39 is 30.4 Å². The number of fused-ring (bicyclic) bond motifs is 1. The monoisotopic (exact) mass is 280 g/mol. The molecule has 1 N–H and O–H groups in total. The predicted molar refractivity (Wildman–Crippen MR) is 70.8 cm³/mol. The van der Waals surface area contributed by atoms with Crippen molar-refractivity contribution in [2.45, 2.75) is 50.8 Å². The lowest BCUT2D eigenvalue weighted by molar-refractivity contribution is -0.227. The number of ether oxygens (including phenoxy) is 4. The molecule has 5 nitrogen and oxygen atoms in total. The molecular formula is C15H20O5. The van der Waals surface area contributed by atoms with Gasteiger partial charge in [-0.05, 0) is 19.4 Å². The second-order valence-corrected chi connectivity index (χ2v) is 5.63. The van der Waals surface area contributed by atoms with Crippen LogP contribution in [-0.2, 0) is 25.6 Å². The highest BCUT2D eigenvalue weighted by Crippen LogP contribution is 2.35. The second-order valence-electron chi connectivity index (χ2n) is 5.63. The minimum atomic E-state index is -0.715. The summed E-state index contributed by atoms with van der Waals surface area (Å²) in [6, 6.07) is 9.85. The van der Waals surface area contributed by atoms with E-state index >= 15 is 0 Å². The number of aliphatic hydroxyl groups is 1. The molecule has 0 bridgehead atoms. The van der Waals surface area contributed by atoms with E-state index in [1.807, 2.05) is 44.2 Å². The van der Waals surface area contributed by atoms with Crippen LogP contribution >= 0.6 is 0 Å². The maximum Gasteiger partial charge on any atom is 0.189 e. The summed E-state index contributed by atoms with van der Waals surface area (Å²) >= 11 is 0. The Labute approximate surface area is 118 Å². The van der Waals surface area contributed by atoms with Gasteiger partial charge in [0.2, 0.25) is 0 Å². The fraction of sp³-hybridized carbons (Fsp3) is 0.600. The normalized spacial score (nSPS) is 35.8. The van der Waals surface area contributed by atoms with Crippen molar-refractivity contribution >= 4 is 0 Å². The van der Waals surface area contributed by atoms with Crippen LogP contribution in [0.2, 0.25) is 0 Å². The third kappa shape index (κ3) is 2.87. The van der Waals surface area contributed by atoms with E-state index in [1.54, 1.807) is 0 Å². The number of benzene rings is 1. The standard InChI is InChI=1S/C15H20O5/c1-15(2)19-13-12(11(16)9-18-14(13)20-15)17-8-10-6-4-3-5-7-10/h3-7,11-14,16H,8-9H2,1-2H3/t11?,12-,13+,14+/m0/s1. The molecule has 0 radical (unpaired) electrons. The summed E-state index contributed by atoms with van der Waals surface area (Å²) in [5.74, 6) is -0.715. The molecule has 1 aromatic rings. The van der Waals surface area contributed by atoms with Crippen molar-refractivity contribution in [2.24, 2.45) is 0 Å². The molecule has 110 valence electrons. The van der Waals surface area contributed by atoms with Crippen molar-refractivity contribution in [2.75, 3.05) is 6.61 Å². The van der Waals surface area contributed by atoms with Gasteiger partial charge in [-0.15, -0.1) is 0 Å². The predicted octanol–water partition coefficient (Wildman–Crippen LogP) is 1.44. The van der Waals surface area contributed by atoms with Crippen molar-refractivity contribution in [3.63, 3.8) is 0 Å². The van der Waals surface area contributed by atoms with E-state index in [1.165, 1.54) is 0 Å². The van der Waals surface area contributed by atoms with Crippen molar-refractivity contribution in [1.29, 1.82) is 0 Å². The molecule has 0 spiro atoms. The molecule has 1 aromatic carbocycles. The minimum absolute atomic E-state index is 0.195. The Morgan fingerprint density at radius 1 is 1.25 bits per heavy atom. The van der Waals surface area contributed by atoms with Crippen LogP contribution in [0.5, 0.6) is 0 Å². The van der Waals surface area contributed by atoms with Gasteiger partial charge in [-0.1, -0.05) is 30.3 Å². The number of aliphatic hydroxyl groups excluding tert-OH is 1. The van der Waals surface area contributed by atoms with Crippen molar-refractivity contribution in [1.82, 2.24) is 0 Å². The quantitative estimate of drug-likeness (QED) is 0.908. The van der Waals surface area contributed by atoms with E-state index in [0.717, 1.165) is 5.56 Å². The fourth-order valence-electron chi connectivity index (χ4n) is 2.59. The topological polar surface area (TPSA) is 57.2 Å². The zero-order chi connectivity index (χ0) is 14.2. The second kappa shape index (κ2) is 5.42. The highest BCUT2D eigenvalue weighted by molar-refractivity contribution is 5.13. The molecule has 5 heteroatoms. The van der Waals surface area contributed by atoms with Gasteiger partial charge in [0.15, 0.2) is 12.1 Å². The van der Waals surface area contributed by atoms with Crippen LogP contribution < -0.4 is 0 Å². The molecule has 2 aliphatic rings. The number of hydrogen-bond donors (Lipinski definition) is 1. The van der Waals surface area contributed by atoms with E-state index in [2.05, 4.69) is 0 Å². The highest BCUT2D eigenvalue weighted by atomic mass is 16.8. The van der Waals surface area contributed by atoms with Gasteiger partial charge in [-0.25, -0.2) is 0 Å². The van der Waals surface area contributed by atoms with Gasteiger partial charge in [0.1, 0.15) is 18.3 Å². The maximum absolute atomic E-state index is 10.1. The average molecular weight is 280 g/mol. The van der Waals surface area contributed by atoms with Crippen molar-refractivity contribution in [3.05, 3.63) is 35.9 Å². The molecule has 0 aliphatic carbocycles. The Bertz CT molecular complexity index is 447. The lowest BCUT2D eigenvalue weighted by Gasteiger charge is -2.34. The Hall–Kier alpha value is -0.980. The number of hydrogen-bond acceptors (Lipinski definition) is 5. The molecule has 20 heavy (non-hydrogen) atoms. The first kappa shape index (κ1) is 14.0. The Kier molecular flexibility index (Phi) is 3.79. The zero-order valence-electron chi connectivity index (χ0n) is 11.7. The first-order valence-electron chi connectivity index (χ1n) is 6.86. The third-order valence-corrected chi connectivity index (χ3v) is 3.51. The molecule has 0 amide bonds. The molecule has 1 unspecified atom stereocenters. The lowest BCUT2D eigenvalue weighted by atomic mass is 10.1. The van der Waals surface area contributed by atoms with Gasteiger partial charge in [0.25, 0.3) is 0 Å². The molecule has 0 aromatic heterocycles. The third-order valence-electron chi connectivity index (χ3n) is 3.51. The Morgan fingerprint density at radius 3 is 2.75 bits per heavy atom. The van der Waals surface area contributed by atoms with E-state index in [4.69, 9.17) is 18.9 Å². The number of rotatable bonds is 3. The fourth-order valence-corrected chi connectivity index (χ4v) is 2.59. The summed E-state index contributed by atoms with van der Waals surface area (Å²) in [6.07, 6.45) is -2.04. The van der Waals surface area contributed by atoms with Crippen molar-refractivity contribution in [3.8, 4) is 0 Å². The van der Waals surface area contributed by atoms with Crippen LogP contribution in [0.3, 0.4) is 0 Å². The minimum Gasteiger partial charge on any atom is -0.388 e. The molecule has 2 aliphatic heterocycles. The summed E-state index contributed by atoms with van der Waals surface area (Å²) in [6.45, 7) is 4.28. The average Bonchev–Trinajstić information content (AvgIpc) is 2.73. The van der Waals surface area contributed by atoms with E-state index in [-0.39, 0.29) is 6.61 Å². The van der Waals surface area contributed by atoms with Crippen LogP contribution in [0.4, 0.5) is 0 Å². The van der Waals surface area contributed by atoms with Crippen LogP contribution in [0.1, 0.15) is 19.4 Å². The lowest BCUT2D eigenvalue weighted by Crippen LogP contribution is -2.52. The smallest absolute Gasteiger partial charge is 0.189 e. The summed E-state index contributed by atoms with van der Waals surface area (Å²) in [7, 11) is 0. The van der Waals surface area contributed by atoms with Gasteiger partial charge in [-0.3, -0.25) is 0 Å². The molecule has 2 saturated heterocycles. The molecule has 0 saturated carbocycles. The van der Waals surface area contributed by atoms with Crippen LogP contribution in [0.25, 0.3) is 0 Å². The maximum atomic E-state index is 10.1. The molecular weight excluding hydrogens is 260 g/mol. The van der Waals surface area contributed by atoms with Gasteiger partial charge in [-0.2, -0.15) is 0 Å². The molecule has 2 fully saturated rings. The van der Waals surface area contributed by atoms with Crippen LogP contribution in [0, 0.1) is 0 Å². The van der Waals surface area contributed by atoms with Gasteiger partial charge < -0.3 is 24.1 Å². The summed E-state index contributed by atoms with van der Waals surface area (Å²) in [4.78, 5) is 0.